The number of carbonyl (C=O) groups is 3. The van der Waals surface area contributed by atoms with Crippen LogP contribution in [-0.4, -0.2) is 46.3 Å². The molecule has 1 heterocycles. The third kappa shape index (κ3) is 7.55. The zero-order valence-electron chi connectivity index (χ0n) is 20.9. The molecule has 3 aromatic rings. The van der Waals surface area contributed by atoms with Crippen LogP contribution in [0.3, 0.4) is 0 Å². The van der Waals surface area contributed by atoms with Gasteiger partial charge in [0, 0.05) is 23.1 Å². The van der Waals surface area contributed by atoms with Crippen LogP contribution in [0.2, 0.25) is 0 Å². The van der Waals surface area contributed by atoms with Crippen LogP contribution in [0.1, 0.15) is 35.7 Å². The minimum atomic E-state index is -0.617. The maximum Gasteiger partial charge on any atom is 0.338 e. The number of nitrogens with zero attached hydrogens (tertiary/aromatic N) is 2. The van der Waals surface area contributed by atoms with Crippen molar-refractivity contribution < 1.29 is 19.1 Å². The predicted octanol–water partition coefficient (Wildman–Crippen LogP) is 6.22. The van der Waals surface area contributed by atoms with E-state index in [4.69, 9.17) is 9.73 Å². The van der Waals surface area contributed by atoms with Crippen molar-refractivity contribution in [1.82, 2.24) is 4.90 Å². The van der Waals surface area contributed by atoms with Gasteiger partial charge in [-0.1, -0.05) is 58.0 Å². The largest absolute Gasteiger partial charge is 0.462 e. The number of aryl methyl sites for hydroxylation is 1. The van der Waals surface area contributed by atoms with Gasteiger partial charge in [0.05, 0.1) is 17.9 Å². The Kier molecular flexibility index (Phi) is 9.73. The van der Waals surface area contributed by atoms with Crippen LogP contribution in [-0.2, 0) is 20.7 Å². The molecule has 1 unspecified atom stereocenters. The lowest BCUT2D eigenvalue weighted by Crippen LogP contribution is -2.45. The molecular formula is C29H28BrN3O4S. The van der Waals surface area contributed by atoms with E-state index in [-0.39, 0.29) is 18.2 Å². The van der Waals surface area contributed by atoms with Gasteiger partial charge in [0.1, 0.15) is 5.25 Å². The Hall–Kier alpha value is -3.43. The fourth-order valence-electron chi connectivity index (χ4n) is 3.90. The summed E-state index contributed by atoms with van der Waals surface area (Å²) in [5, 5.41) is 2.75. The van der Waals surface area contributed by atoms with Gasteiger partial charge < -0.3 is 10.1 Å². The molecule has 1 saturated heterocycles. The number of ether oxygens (including phenoxy) is 1. The smallest absolute Gasteiger partial charge is 0.338 e. The van der Waals surface area contributed by atoms with Gasteiger partial charge >= 0.3 is 5.97 Å². The number of hydrogen-bond donors (Lipinski definition) is 1. The first-order valence-electron chi connectivity index (χ1n) is 12.4. The van der Waals surface area contributed by atoms with Crippen LogP contribution < -0.4 is 5.32 Å². The first kappa shape index (κ1) is 27.6. The fourth-order valence-corrected chi connectivity index (χ4v) is 5.29. The Morgan fingerprint density at radius 2 is 1.76 bits per heavy atom. The number of aliphatic imine (C=N–C) groups is 1. The number of anilines is 1. The van der Waals surface area contributed by atoms with Gasteiger partial charge in [0.15, 0.2) is 5.17 Å². The molecule has 7 nitrogen and oxygen atoms in total. The molecule has 1 N–H and O–H groups in total. The van der Waals surface area contributed by atoms with Gasteiger partial charge in [-0.15, -0.1) is 0 Å². The highest BCUT2D eigenvalue weighted by Crippen LogP contribution is 2.30. The summed E-state index contributed by atoms with van der Waals surface area (Å²) >= 11 is 4.66. The SMILES string of the molecule is CCOC(=O)c1ccc(N=C2SC(C(=O)Nc3ccc(Br)cc3)CC(=O)N2CCCc2ccccc2)cc1. The van der Waals surface area contributed by atoms with E-state index in [1.54, 1.807) is 48.2 Å². The molecule has 38 heavy (non-hydrogen) atoms. The van der Waals surface area contributed by atoms with Crippen molar-refractivity contribution in [2.45, 2.75) is 31.4 Å². The van der Waals surface area contributed by atoms with E-state index >= 15 is 0 Å². The molecule has 0 saturated carbocycles. The highest BCUT2D eigenvalue weighted by atomic mass is 79.9. The van der Waals surface area contributed by atoms with Gasteiger partial charge in [0.25, 0.3) is 0 Å². The second-order valence-corrected chi connectivity index (χ2v) is 10.7. The maximum absolute atomic E-state index is 13.2. The summed E-state index contributed by atoms with van der Waals surface area (Å²) in [6.07, 6.45) is 1.66. The highest BCUT2D eigenvalue weighted by Gasteiger charge is 2.35. The van der Waals surface area contributed by atoms with E-state index in [9.17, 15) is 14.4 Å². The zero-order valence-corrected chi connectivity index (χ0v) is 23.3. The summed E-state index contributed by atoms with van der Waals surface area (Å²) in [6.45, 7) is 2.54. The van der Waals surface area contributed by atoms with E-state index in [1.165, 1.54) is 17.3 Å². The molecule has 0 aromatic heterocycles. The van der Waals surface area contributed by atoms with Crippen molar-refractivity contribution in [3.05, 3.63) is 94.5 Å². The lowest BCUT2D eigenvalue weighted by Gasteiger charge is -2.32. The molecule has 0 bridgehead atoms. The van der Waals surface area contributed by atoms with Crippen molar-refractivity contribution in [1.29, 1.82) is 0 Å². The minimum absolute atomic E-state index is 0.0825. The summed E-state index contributed by atoms with van der Waals surface area (Å²) in [5.41, 5.74) is 2.86. The summed E-state index contributed by atoms with van der Waals surface area (Å²) in [5.74, 6) is -0.796. The van der Waals surface area contributed by atoms with Gasteiger partial charge in [-0.2, -0.15) is 0 Å². The van der Waals surface area contributed by atoms with Gasteiger partial charge in [0.2, 0.25) is 11.8 Å². The van der Waals surface area contributed by atoms with Crippen LogP contribution in [0.4, 0.5) is 11.4 Å². The molecule has 0 radical (unpaired) electrons. The first-order valence-corrected chi connectivity index (χ1v) is 14.0. The number of hydrogen-bond acceptors (Lipinski definition) is 6. The van der Waals surface area contributed by atoms with Gasteiger partial charge in [-0.3, -0.25) is 14.5 Å². The molecule has 1 aliphatic heterocycles. The molecule has 196 valence electrons. The summed E-state index contributed by atoms with van der Waals surface area (Å²) in [4.78, 5) is 44.7. The van der Waals surface area contributed by atoms with Crippen LogP contribution in [0.15, 0.2) is 88.3 Å². The van der Waals surface area contributed by atoms with Gasteiger partial charge in [-0.05, 0) is 73.9 Å². The number of halogens is 1. The molecule has 1 fully saturated rings. The van der Waals surface area contributed by atoms with E-state index in [2.05, 4.69) is 33.4 Å². The monoisotopic (exact) mass is 593 g/mol. The molecule has 1 aliphatic rings. The average molecular weight is 595 g/mol. The third-order valence-corrected chi connectivity index (χ3v) is 7.55. The van der Waals surface area contributed by atoms with E-state index in [1.807, 2.05) is 30.3 Å². The number of rotatable bonds is 9. The predicted molar refractivity (Wildman–Crippen MR) is 155 cm³/mol. The molecular weight excluding hydrogens is 566 g/mol. The summed E-state index contributed by atoms with van der Waals surface area (Å²) in [7, 11) is 0. The van der Waals surface area contributed by atoms with E-state index in [0.717, 1.165) is 17.3 Å². The second kappa shape index (κ2) is 13.4. The number of carbonyl (C=O) groups excluding carboxylic acids is 3. The van der Waals surface area contributed by atoms with Crippen molar-refractivity contribution >= 4 is 62.0 Å². The maximum atomic E-state index is 13.2. The molecule has 0 spiro atoms. The lowest BCUT2D eigenvalue weighted by atomic mass is 10.1. The quantitative estimate of drug-likeness (QED) is 0.298. The van der Waals surface area contributed by atoms with Crippen molar-refractivity contribution in [3.8, 4) is 0 Å². The van der Waals surface area contributed by atoms with Crippen LogP contribution >= 0.6 is 27.7 Å². The van der Waals surface area contributed by atoms with E-state index in [0.29, 0.717) is 35.3 Å². The molecule has 9 heteroatoms. The van der Waals surface area contributed by atoms with Crippen LogP contribution in [0, 0.1) is 0 Å². The Labute approximate surface area is 234 Å². The number of amidine groups is 1. The Morgan fingerprint density at radius 1 is 1.05 bits per heavy atom. The van der Waals surface area contributed by atoms with Crippen LogP contribution in [0.25, 0.3) is 0 Å². The summed E-state index contributed by atoms with van der Waals surface area (Å²) in [6, 6.07) is 24.1. The third-order valence-electron chi connectivity index (χ3n) is 5.84. The van der Waals surface area contributed by atoms with Gasteiger partial charge in [-0.25, -0.2) is 9.79 Å². The topological polar surface area (TPSA) is 88.1 Å². The minimum Gasteiger partial charge on any atom is -0.462 e. The molecule has 3 aromatic carbocycles. The first-order chi connectivity index (χ1) is 18.4. The van der Waals surface area contributed by atoms with Crippen molar-refractivity contribution in [2.75, 3.05) is 18.5 Å². The molecule has 1 atom stereocenters. The fraction of sp³-hybridized carbons (Fsp3) is 0.241. The zero-order chi connectivity index (χ0) is 26.9. The Bertz CT molecular complexity index is 1300. The van der Waals surface area contributed by atoms with Crippen molar-refractivity contribution in [2.24, 2.45) is 4.99 Å². The molecule has 4 rings (SSSR count). The number of amides is 2. The molecule has 2 amide bonds. The summed E-state index contributed by atoms with van der Waals surface area (Å²) < 4.78 is 5.96. The number of thioether (sulfide) groups is 1. The Morgan fingerprint density at radius 3 is 2.45 bits per heavy atom. The van der Waals surface area contributed by atoms with Crippen LogP contribution in [0.5, 0.6) is 0 Å². The average Bonchev–Trinajstić information content (AvgIpc) is 2.92. The standard InChI is InChI=1S/C29H28BrN3O4S/c1-2-37-28(36)21-10-14-24(15-11-21)32-29-33(18-6-9-20-7-4-3-5-8-20)26(34)19-25(38-29)27(35)31-23-16-12-22(30)13-17-23/h3-5,7-8,10-17,25H,2,6,9,18-19H2,1H3,(H,31,35). The Balaban J connectivity index is 1.52. The van der Waals surface area contributed by atoms with Crippen molar-refractivity contribution in [3.63, 3.8) is 0 Å². The molecule has 0 aliphatic carbocycles. The lowest BCUT2D eigenvalue weighted by molar-refractivity contribution is -0.129. The highest BCUT2D eigenvalue weighted by molar-refractivity contribution is 9.10. The number of nitrogens with one attached hydrogen (secondary N) is 1. The van der Waals surface area contributed by atoms with E-state index < -0.39 is 11.2 Å². The second-order valence-electron chi connectivity index (χ2n) is 8.60. The number of benzene rings is 3. The normalized spacial score (nSPS) is 16.4. The number of esters is 1.